The maximum absolute atomic E-state index is 12.4. The molecular formula is C19H28N2O3. The minimum absolute atomic E-state index is 0.00961. The van der Waals surface area contributed by atoms with Crippen molar-refractivity contribution in [2.45, 2.75) is 39.2 Å². The van der Waals surface area contributed by atoms with Gasteiger partial charge in [0.1, 0.15) is 0 Å². The van der Waals surface area contributed by atoms with Crippen LogP contribution in [0.2, 0.25) is 0 Å². The maximum atomic E-state index is 12.4. The van der Waals surface area contributed by atoms with Gasteiger partial charge in [0.2, 0.25) is 5.91 Å². The average molecular weight is 332 g/mol. The van der Waals surface area contributed by atoms with Crippen LogP contribution < -0.4 is 5.32 Å². The molecule has 0 saturated carbocycles. The lowest BCUT2D eigenvalue weighted by atomic mass is 9.95. The maximum Gasteiger partial charge on any atom is 0.253 e. The molecule has 1 fully saturated rings. The average Bonchev–Trinajstić information content (AvgIpc) is 2.59. The molecule has 1 aliphatic heterocycles. The summed E-state index contributed by atoms with van der Waals surface area (Å²) >= 11 is 0. The fourth-order valence-corrected chi connectivity index (χ4v) is 3.10. The van der Waals surface area contributed by atoms with Crippen LogP contribution in [0, 0.1) is 11.8 Å². The topological polar surface area (TPSA) is 69.6 Å². The highest BCUT2D eigenvalue weighted by atomic mass is 16.3. The number of carbonyl (C=O) groups excluding carboxylic acids is 2. The molecule has 2 amide bonds. The first-order valence-electron chi connectivity index (χ1n) is 8.77. The van der Waals surface area contributed by atoms with Crippen molar-refractivity contribution in [1.29, 1.82) is 0 Å². The zero-order valence-electron chi connectivity index (χ0n) is 14.6. The number of likely N-dealkylation sites (tertiary alicyclic amines) is 1. The molecule has 1 unspecified atom stereocenters. The third-order valence-electron chi connectivity index (χ3n) is 4.43. The van der Waals surface area contributed by atoms with E-state index in [9.17, 15) is 14.7 Å². The normalized spacial score (nSPS) is 16.9. The monoisotopic (exact) mass is 332 g/mol. The summed E-state index contributed by atoms with van der Waals surface area (Å²) in [6.45, 7) is 5.59. The standard InChI is InChI=1S/C19H28N2O3/c1-14(2)12-17(22)13-20-18(23)15-8-10-21(11-9-15)19(24)16-6-4-3-5-7-16/h3-7,14-15,17,22H,8-13H2,1-2H3,(H,20,23). The highest BCUT2D eigenvalue weighted by Gasteiger charge is 2.27. The van der Waals surface area contributed by atoms with E-state index in [2.05, 4.69) is 5.32 Å². The number of carbonyl (C=O) groups is 2. The predicted octanol–water partition coefficient (Wildman–Crippen LogP) is 2.06. The number of rotatable bonds is 6. The molecule has 0 aliphatic carbocycles. The molecule has 1 saturated heterocycles. The van der Waals surface area contributed by atoms with Gasteiger partial charge < -0.3 is 15.3 Å². The van der Waals surface area contributed by atoms with E-state index in [-0.39, 0.29) is 17.7 Å². The van der Waals surface area contributed by atoms with Crippen LogP contribution in [-0.2, 0) is 4.79 Å². The first-order valence-corrected chi connectivity index (χ1v) is 8.77. The van der Waals surface area contributed by atoms with E-state index >= 15 is 0 Å². The van der Waals surface area contributed by atoms with E-state index in [1.165, 1.54) is 0 Å². The smallest absolute Gasteiger partial charge is 0.253 e. The van der Waals surface area contributed by atoms with Crippen LogP contribution in [0.5, 0.6) is 0 Å². The predicted molar refractivity (Wildman–Crippen MR) is 93.5 cm³/mol. The number of benzene rings is 1. The van der Waals surface area contributed by atoms with Crippen molar-refractivity contribution in [3.05, 3.63) is 35.9 Å². The quantitative estimate of drug-likeness (QED) is 0.838. The Morgan fingerprint density at radius 1 is 1.21 bits per heavy atom. The summed E-state index contributed by atoms with van der Waals surface area (Å²) in [6.07, 6.45) is 1.54. The van der Waals surface area contributed by atoms with Crippen LogP contribution in [-0.4, -0.2) is 47.6 Å². The molecule has 1 atom stereocenters. The van der Waals surface area contributed by atoms with Gasteiger partial charge >= 0.3 is 0 Å². The highest BCUT2D eigenvalue weighted by molar-refractivity contribution is 5.94. The largest absolute Gasteiger partial charge is 0.391 e. The van der Waals surface area contributed by atoms with E-state index in [1.807, 2.05) is 49.1 Å². The van der Waals surface area contributed by atoms with Gasteiger partial charge in [0.05, 0.1) is 6.10 Å². The SMILES string of the molecule is CC(C)CC(O)CNC(=O)C1CCN(C(=O)c2ccccc2)CC1. The number of nitrogens with zero attached hydrogens (tertiary/aromatic N) is 1. The zero-order valence-corrected chi connectivity index (χ0v) is 14.6. The van der Waals surface area contributed by atoms with Crippen molar-refractivity contribution in [1.82, 2.24) is 10.2 Å². The van der Waals surface area contributed by atoms with Gasteiger partial charge in [-0.05, 0) is 37.3 Å². The molecule has 0 spiro atoms. The van der Waals surface area contributed by atoms with E-state index < -0.39 is 6.10 Å². The number of piperidine rings is 1. The second kappa shape index (κ2) is 8.83. The zero-order chi connectivity index (χ0) is 17.5. The van der Waals surface area contributed by atoms with Crippen LogP contribution in [0.25, 0.3) is 0 Å². The number of aliphatic hydroxyl groups excluding tert-OH is 1. The van der Waals surface area contributed by atoms with Gasteiger partial charge in [-0.25, -0.2) is 0 Å². The lowest BCUT2D eigenvalue weighted by Crippen LogP contribution is -2.44. The summed E-state index contributed by atoms with van der Waals surface area (Å²) in [4.78, 5) is 26.4. The first-order chi connectivity index (χ1) is 11.5. The number of hydrogen-bond acceptors (Lipinski definition) is 3. The van der Waals surface area contributed by atoms with E-state index in [0.717, 1.165) is 0 Å². The highest BCUT2D eigenvalue weighted by Crippen LogP contribution is 2.19. The number of hydrogen-bond donors (Lipinski definition) is 2. The molecule has 132 valence electrons. The summed E-state index contributed by atoms with van der Waals surface area (Å²) in [6, 6.07) is 9.24. The van der Waals surface area contributed by atoms with Crippen molar-refractivity contribution in [3.63, 3.8) is 0 Å². The van der Waals surface area contributed by atoms with Crippen molar-refractivity contribution in [2.75, 3.05) is 19.6 Å². The Morgan fingerprint density at radius 3 is 2.42 bits per heavy atom. The first kappa shape index (κ1) is 18.5. The van der Waals surface area contributed by atoms with Crippen molar-refractivity contribution < 1.29 is 14.7 Å². The molecule has 1 aromatic carbocycles. The Kier molecular flexibility index (Phi) is 6.79. The van der Waals surface area contributed by atoms with E-state index in [1.54, 1.807) is 0 Å². The Labute approximate surface area is 144 Å². The van der Waals surface area contributed by atoms with E-state index in [4.69, 9.17) is 0 Å². The summed E-state index contributed by atoms with van der Waals surface area (Å²) in [5, 5.41) is 12.7. The summed E-state index contributed by atoms with van der Waals surface area (Å²) < 4.78 is 0. The molecular weight excluding hydrogens is 304 g/mol. The van der Waals surface area contributed by atoms with Crippen LogP contribution in [0.3, 0.4) is 0 Å². The van der Waals surface area contributed by atoms with E-state index in [0.29, 0.717) is 50.4 Å². The molecule has 2 N–H and O–H groups in total. The van der Waals surface area contributed by atoms with Crippen LogP contribution in [0.15, 0.2) is 30.3 Å². The second-order valence-electron chi connectivity index (χ2n) is 6.96. The summed E-state index contributed by atoms with van der Waals surface area (Å²) in [5.41, 5.74) is 0.692. The Hall–Kier alpha value is -1.88. The molecule has 1 aliphatic rings. The lowest BCUT2D eigenvalue weighted by molar-refractivity contribution is -0.126. The molecule has 0 radical (unpaired) electrons. The molecule has 5 heteroatoms. The van der Waals surface area contributed by atoms with Crippen molar-refractivity contribution in [3.8, 4) is 0 Å². The Bertz CT molecular complexity index is 537. The third kappa shape index (κ3) is 5.34. The van der Waals surface area contributed by atoms with Gasteiger partial charge in [-0.2, -0.15) is 0 Å². The molecule has 24 heavy (non-hydrogen) atoms. The van der Waals surface area contributed by atoms with Gasteiger partial charge in [-0.3, -0.25) is 9.59 Å². The Balaban J connectivity index is 1.76. The van der Waals surface area contributed by atoms with Gasteiger partial charge in [0.25, 0.3) is 5.91 Å². The molecule has 0 aromatic heterocycles. The molecule has 1 aromatic rings. The van der Waals surface area contributed by atoms with Gasteiger partial charge in [-0.15, -0.1) is 0 Å². The van der Waals surface area contributed by atoms with Gasteiger partial charge in [-0.1, -0.05) is 32.0 Å². The molecule has 5 nitrogen and oxygen atoms in total. The van der Waals surface area contributed by atoms with Crippen molar-refractivity contribution in [2.24, 2.45) is 11.8 Å². The number of amides is 2. The van der Waals surface area contributed by atoms with Gasteiger partial charge in [0.15, 0.2) is 0 Å². The van der Waals surface area contributed by atoms with Crippen LogP contribution in [0.4, 0.5) is 0 Å². The lowest BCUT2D eigenvalue weighted by Gasteiger charge is -2.31. The minimum atomic E-state index is -0.492. The molecule has 1 heterocycles. The molecule has 2 rings (SSSR count). The number of nitrogens with one attached hydrogen (secondary N) is 1. The Morgan fingerprint density at radius 2 is 1.83 bits per heavy atom. The third-order valence-corrected chi connectivity index (χ3v) is 4.43. The van der Waals surface area contributed by atoms with Crippen molar-refractivity contribution >= 4 is 11.8 Å². The fourth-order valence-electron chi connectivity index (χ4n) is 3.10. The summed E-state index contributed by atoms with van der Waals surface area (Å²) in [7, 11) is 0. The fraction of sp³-hybridized carbons (Fsp3) is 0.579. The summed E-state index contributed by atoms with van der Waals surface area (Å²) in [5.74, 6) is 0.353. The minimum Gasteiger partial charge on any atom is -0.391 e. The van der Waals surface area contributed by atoms with Crippen LogP contribution >= 0.6 is 0 Å². The van der Waals surface area contributed by atoms with Crippen LogP contribution in [0.1, 0.15) is 43.5 Å². The number of aliphatic hydroxyl groups is 1. The second-order valence-corrected chi connectivity index (χ2v) is 6.96. The van der Waals surface area contributed by atoms with Gasteiger partial charge in [0, 0.05) is 31.1 Å². The molecule has 0 bridgehead atoms.